The van der Waals surface area contributed by atoms with Crippen LogP contribution in [0.2, 0.25) is 0 Å². The minimum atomic E-state index is -0.715. The first-order valence-electron chi connectivity index (χ1n) is 5.75. The number of benzene rings is 1. The molecule has 2 N–H and O–H groups in total. The van der Waals surface area contributed by atoms with Crippen molar-refractivity contribution >= 4 is 17.4 Å². The molecule has 100 valence electrons. The first kappa shape index (κ1) is 12.9. The van der Waals surface area contributed by atoms with Crippen LogP contribution in [0.15, 0.2) is 35.7 Å². The number of carbonyl (C=O) groups excluding carboxylic acids is 2. The zero-order valence-corrected chi connectivity index (χ0v) is 10.3. The maximum atomic E-state index is 11.7. The summed E-state index contributed by atoms with van der Waals surface area (Å²) in [5, 5.41) is 12.1. The fourth-order valence-corrected chi connectivity index (χ4v) is 1.63. The number of anilines is 1. The number of Topliss-reactive ketones (excluding diaryl/α,β-unsaturated/α-hetero) is 1. The lowest BCUT2D eigenvalue weighted by molar-refractivity contribution is -0.139. The lowest BCUT2D eigenvalue weighted by Gasteiger charge is -2.08. The summed E-state index contributed by atoms with van der Waals surface area (Å²) in [5.74, 6) is -1.03. The molecular formula is C13H13NO5. The average Bonchev–Trinajstić information content (AvgIpc) is 2.71. The van der Waals surface area contributed by atoms with Gasteiger partial charge in [-0.15, -0.1) is 0 Å². The van der Waals surface area contributed by atoms with Crippen molar-refractivity contribution in [2.75, 3.05) is 18.5 Å². The zero-order chi connectivity index (χ0) is 13.8. The molecule has 0 aromatic heterocycles. The molecule has 6 nitrogen and oxygen atoms in total. The van der Waals surface area contributed by atoms with E-state index in [2.05, 4.69) is 5.32 Å². The molecule has 19 heavy (non-hydrogen) atoms. The van der Waals surface area contributed by atoms with Gasteiger partial charge in [0, 0.05) is 11.8 Å². The van der Waals surface area contributed by atoms with E-state index in [-0.39, 0.29) is 30.4 Å². The molecule has 1 aliphatic heterocycles. The van der Waals surface area contributed by atoms with Gasteiger partial charge in [0.1, 0.15) is 5.75 Å². The van der Waals surface area contributed by atoms with Crippen LogP contribution in [0.3, 0.4) is 0 Å². The van der Waals surface area contributed by atoms with E-state index in [0.29, 0.717) is 5.69 Å². The normalized spacial score (nSPS) is 14.3. The number of aromatic hydroxyl groups is 1. The standard InChI is InChI=1S/C13H13NO5/c1-2-18-13(17)11-10(16)7-19-12(11)14-8-4-3-5-9(15)6-8/h3-6,14-15H,2,7H2,1H3. The van der Waals surface area contributed by atoms with E-state index in [4.69, 9.17) is 9.47 Å². The second kappa shape index (κ2) is 5.43. The predicted molar refractivity (Wildman–Crippen MR) is 66.3 cm³/mol. The number of phenolic OH excluding ortho intramolecular Hbond substituents is 1. The molecule has 0 spiro atoms. The Bertz CT molecular complexity index is 550. The van der Waals surface area contributed by atoms with E-state index in [1.807, 2.05) is 0 Å². The molecule has 0 unspecified atom stereocenters. The summed E-state index contributed by atoms with van der Waals surface area (Å²) in [5.41, 5.74) is 0.372. The van der Waals surface area contributed by atoms with Crippen molar-refractivity contribution < 1.29 is 24.2 Å². The predicted octanol–water partition coefficient (Wildman–Crippen LogP) is 1.18. The van der Waals surface area contributed by atoms with Crippen LogP contribution in [0.4, 0.5) is 5.69 Å². The van der Waals surface area contributed by atoms with E-state index < -0.39 is 11.8 Å². The average molecular weight is 263 g/mol. The van der Waals surface area contributed by atoms with Gasteiger partial charge in [-0.3, -0.25) is 4.79 Å². The Morgan fingerprint density at radius 3 is 3.00 bits per heavy atom. The van der Waals surface area contributed by atoms with Gasteiger partial charge in [-0.1, -0.05) is 6.07 Å². The molecule has 0 radical (unpaired) electrons. The highest BCUT2D eigenvalue weighted by Gasteiger charge is 2.32. The molecule has 6 heteroatoms. The van der Waals surface area contributed by atoms with Crippen LogP contribution in [0, 0.1) is 0 Å². The number of rotatable bonds is 4. The largest absolute Gasteiger partial charge is 0.508 e. The van der Waals surface area contributed by atoms with Crippen LogP contribution in [0.1, 0.15) is 6.92 Å². The second-order valence-electron chi connectivity index (χ2n) is 3.81. The number of ketones is 1. The van der Waals surface area contributed by atoms with Gasteiger partial charge >= 0.3 is 5.97 Å². The minimum absolute atomic E-state index is 0.0500. The molecule has 0 bridgehead atoms. The lowest BCUT2D eigenvalue weighted by Crippen LogP contribution is -2.16. The van der Waals surface area contributed by atoms with Crippen molar-refractivity contribution in [2.45, 2.75) is 6.92 Å². The fraction of sp³-hybridized carbons (Fsp3) is 0.231. The molecule has 0 saturated heterocycles. The van der Waals surface area contributed by atoms with E-state index in [1.54, 1.807) is 19.1 Å². The maximum Gasteiger partial charge on any atom is 0.347 e. The highest BCUT2D eigenvalue weighted by molar-refractivity contribution is 6.19. The second-order valence-corrected chi connectivity index (χ2v) is 3.81. The molecule has 0 aliphatic carbocycles. The molecule has 1 heterocycles. The highest BCUT2D eigenvalue weighted by atomic mass is 16.5. The Morgan fingerprint density at radius 2 is 2.32 bits per heavy atom. The van der Waals surface area contributed by atoms with Crippen molar-refractivity contribution in [2.24, 2.45) is 0 Å². The summed E-state index contributed by atoms with van der Waals surface area (Å²) in [6, 6.07) is 6.25. The van der Waals surface area contributed by atoms with E-state index >= 15 is 0 Å². The molecule has 0 amide bonds. The number of carbonyl (C=O) groups is 2. The summed E-state index contributed by atoms with van der Waals surface area (Å²) in [7, 11) is 0. The van der Waals surface area contributed by atoms with Crippen LogP contribution in [-0.2, 0) is 19.1 Å². The van der Waals surface area contributed by atoms with Gasteiger partial charge in [-0.2, -0.15) is 0 Å². The highest BCUT2D eigenvalue weighted by Crippen LogP contribution is 2.22. The van der Waals surface area contributed by atoms with Crippen LogP contribution >= 0.6 is 0 Å². The van der Waals surface area contributed by atoms with Crippen molar-refractivity contribution in [1.82, 2.24) is 0 Å². The van der Waals surface area contributed by atoms with Crippen LogP contribution in [-0.4, -0.2) is 30.1 Å². The van der Waals surface area contributed by atoms with E-state index in [9.17, 15) is 14.7 Å². The van der Waals surface area contributed by atoms with Crippen molar-refractivity contribution in [3.05, 3.63) is 35.7 Å². The molecule has 1 aromatic rings. The van der Waals surface area contributed by atoms with Gasteiger partial charge in [0.05, 0.1) is 6.61 Å². The Morgan fingerprint density at radius 1 is 1.53 bits per heavy atom. The third-order valence-electron chi connectivity index (χ3n) is 2.44. The molecule has 0 fully saturated rings. The summed E-state index contributed by atoms with van der Waals surface area (Å²) in [6.45, 7) is 1.63. The number of nitrogens with one attached hydrogen (secondary N) is 1. The fourth-order valence-electron chi connectivity index (χ4n) is 1.63. The minimum Gasteiger partial charge on any atom is -0.508 e. The van der Waals surface area contributed by atoms with E-state index in [0.717, 1.165) is 0 Å². The molecule has 1 aliphatic rings. The van der Waals surface area contributed by atoms with Crippen molar-refractivity contribution in [3.63, 3.8) is 0 Å². The van der Waals surface area contributed by atoms with E-state index in [1.165, 1.54) is 12.1 Å². The van der Waals surface area contributed by atoms with Gasteiger partial charge in [0.25, 0.3) is 0 Å². The third-order valence-corrected chi connectivity index (χ3v) is 2.44. The molecule has 2 rings (SSSR count). The Labute approximate surface area is 109 Å². The smallest absolute Gasteiger partial charge is 0.347 e. The monoisotopic (exact) mass is 263 g/mol. The van der Waals surface area contributed by atoms with Crippen LogP contribution < -0.4 is 5.32 Å². The quantitative estimate of drug-likeness (QED) is 0.626. The van der Waals surface area contributed by atoms with Crippen molar-refractivity contribution in [3.8, 4) is 5.75 Å². The van der Waals surface area contributed by atoms with Gasteiger partial charge in [-0.05, 0) is 19.1 Å². The Kier molecular flexibility index (Phi) is 3.70. The number of ether oxygens (including phenoxy) is 2. The zero-order valence-electron chi connectivity index (χ0n) is 10.3. The third kappa shape index (κ3) is 2.85. The first-order valence-corrected chi connectivity index (χ1v) is 5.75. The Hall–Kier alpha value is -2.50. The lowest BCUT2D eigenvalue weighted by atomic mass is 10.2. The van der Waals surface area contributed by atoms with Crippen LogP contribution in [0.25, 0.3) is 0 Å². The van der Waals surface area contributed by atoms with Gasteiger partial charge in [-0.25, -0.2) is 4.79 Å². The SMILES string of the molecule is CCOC(=O)C1=C(Nc2cccc(O)c2)OCC1=O. The Balaban J connectivity index is 2.25. The van der Waals surface area contributed by atoms with Gasteiger partial charge in [0.15, 0.2) is 12.2 Å². The summed E-state index contributed by atoms with van der Waals surface area (Å²) in [4.78, 5) is 23.2. The number of esters is 1. The molecular weight excluding hydrogens is 250 g/mol. The number of hydrogen-bond donors (Lipinski definition) is 2. The summed E-state index contributed by atoms with van der Waals surface area (Å²) in [6.07, 6.45) is 0. The summed E-state index contributed by atoms with van der Waals surface area (Å²) >= 11 is 0. The molecule has 0 saturated carbocycles. The first-order chi connectivity index (χ1) is 9.11. The van der Waals surface area contributed by atoms with Crippen LogP contribution in [0.5, 0.6) is 5.75 Å². The topological polar surface area (TPSA) is 84.9 Å². The van der Waals surface area contributed by atoms with Gasteiger partial charge < -0.3 is 19.9 Å². The van der Waals surface area contributed by atoms with Crippen molar-refractivity contribution in [1.29, 1.82) is 0 Å². The summed E-state index contributed by atoms with van der Waals surface area (Å²) < 4.78 is 9.93. The number of phenols is 1. The number of hydrogen-bond acceptors (Lipinski definition) is 6. The maximum absolute atomic E-state index is 11.7. The molecule has 1 aromatic carbocycles. The molecule has 0 atom stereocenters. The van der Waals surface area contributed by atoms with Gasteiger partial charge in [0.2, 0.25) is 11.7 Å².